The lowest BCUT2D eigenvalue weighted by Gasteiger charge is -2.31. The van der Waals surface area contributed by atoms with Gasteiger partial charge >= 0.3 is 0 Å². The van der Waals surface area contributed by atoms with E-state index >= 15 is 0 Å². The van der Waals surface area contributed by atoms with Gasteiger partial charge in [-0.15, -0.1) is 0 Å². The van der Waals surface area contributed by atoms with E-state index in [9.17, 15) is 9.59 Å². The summed E-state index contributed by atoms with van der Waals surface area (Å²) < 4.78 is 5.12. The number of nitrogens with zero attached hydrogens (tertiary/aromatic N) is 1. The summed E-state index contributed by atoms with van der Waals surface area (Å²) in [6, 6.07) is 7.79. The highest BCUT2D eigenvalue weighted by Gasteiger charge is 2.28. The molecule has 1 aliphatic heterocycles. The van der Waals surface area contributed by atoms with Crippen molar-refractivity contribution in [3.63, 3.8) is 0 Å². The zero-order valence-corrected chi connectivity index (χ0v) is 12.8. The number of aryl methyl sites for hydroxylation is 1. The number of Topliss-reactive ketones (excluding diaryl/α,β-unsaturated/α-hetero) is 1. The van der Waals surface area contributed by atoms with Crippen LogP contribution in [0, 0.1) is 5.92 Å². The predicted molar refractivity (Wildman–Crippen MR) is 81.3 cm³/mol. The summed E-state index contributed by atoms with van der Waals surface area (Å²) in [6.45, 7) is 3.18. The minimum Gasteiger partial charge on any atom is -0.497 e. The number of likely N-dealkylation sites (tertiary alicyclic amines) is 1. The van der Waals surface area contributed by atoms with Crippen molar-refractivity contribution in [1.29, 1.82) is 0 Å². The SMILES string of the molecule is CCC1CN(C(=O)CCc2ccc(OC)cc2)CCC1=O. The Balaban J connectivity index is 1.85. The van der Waals surface area contributed by atoms with Crippen LogP contribution < -0.4 is 4.74 Å². The summed E-state index contributed by atoms with van der Waals surface area (Å²) in [6.07, 6.45) is 2.55. The number of benzene rings is 1. The van der Waals surface area contributed by atoms with Crippen LogP contribution >= 0.6 is 0 Å². The first-order valence-electron chi connectivity index (χ1n) is 7.57. The monoisotopic (exact) mass is 289 g/mol. The lowest BCUT2D eigenvalue weighted by atomic mass is 9.94. The van der Waals surface area contributed by atoms with Crippen LogP contribution in [0.1, 0.15) is 31.7 Å². The van der Waals surface area contributed by atoms with Crippen LogP contribution in [-0.4, -0.2) is 36.8 Å². The third-order valence-electron chi connectivity index (χ3n) is 4.16. The molecule has 0 spiro atoms. The van der Waals surface area contributed by atoms with Crippen LogP contribution in [0.25, 0.3) is 0 Å². The fourth-order valence-electron chi connectivity index (χ4n) is 2.69. The molecule has 4 heteroatoms. The van der Waals surface area contributed by atoms with Crippen molar-refractivity contribution in [2.45, 2.75) is 32.6 Å². The van der Waals surface area contributed by atoms with Gasteiger partial charge in [0.1, 0.15) is 11.5 Å². The molecule has 0 bridgehead atoms. The Morgan fingerprint density at radius 3 is 2.67 bits per heavy atom. The second-order valence-electron chi connectivity index (χ2n) is 5.51. The second-order valence-corrected chi connectivity index (χ2v) is 5.51. The molecule has 0 aromatic heterocycles. The number of amides is 1. The summed E-state index contributed by atoms with van der Waals surface area (Å²) in [5.41, 5.74) is 1.13. The zero-order valence-electron chi connectivity index (χ0n) is 12.8. The molecule has 1 heterocycles. The van der Waals surface area contributed by atoms with E-state index in [-0.39, 0.29) is 11.8 Å². The number of piperidine rings is 1. The minimum absolute atomic E-state index is 0.0312. The van der Waals surface area contributed by atoms with Crippen LogP contribution in [0.3, 0.4) is 0 Å². The molecule has 21 heavy (non-hydrogen) atoms. The molecule has 1 aromatic carbocycles. The number of carbonyl (C=O) groups excluding carboxylic acids is 2. The number of ketones is 1. The Morgan fingerprint density at radius 1 is 1.33 bits per heavy atom. The van der Waals surface area contributed by atoms with Crippen molar-refractivity contribution in [2.24, 2.45) is 5.92 Å². The largest absolute Gasteiger partial charge is 0.497 e. The Morgan fingerprint density at radius 2 is 2.05 bits per heavy atom. The van der Waals surface area contributed by atoms with Crippen molar-refractivity contribution in [1.82, 2.24) is 4.90 Å². The molecular formula is C17H23NO3. The first kappa shape index (κ1) is 15.5. The number of rotatable bonds is 5. The van der Waals surface area contributed by atoms with Crippen molar-refractivity contribution < 1.29 is 14.3 Å². The van der Waals surface area contributed by atoms with E-state index in [1.165, 1.54) is 0 Å². The smallest absolute Gasteiger partial charge is 0.222 e. The first-order chi connectivity index (χ1) is 10.1. The topological polar surface area (TPSA) is 46.6 Å². The van der Waals surface area contributed by atoms with E-state index in [0.29, 0.717) is 31.7 Å². The quantitative estimate of drug-likeness (QED) is 0.836. The predicted octanol–water partition coefficient (Wildman–Crippen LogP) is 2.46. The molecule has 0 radical (unpaired) electrons. The van der Waals surface area contributed by atoms with Gasteiger partial charge in [0.05, 0.1) is 7.11 Å². The fraction of sp³-hybridized carbons (Fsp3) is 0.529. The third kappa shape index (κ3) is 4.06. The van der Waals surface area contributed by atoms with Crippen LogP contribution in [0.2, 0.25) is 0 Å². The molecule has 1 aromatic rings. The number of carbonyl (C=O) groups is 2. The van der Waals surface area contributed by atoms with Gasteiger partial charge in [-0.2, -0.15) is 0 Å². The average molecular weight is 289 g/mol. The summed E-state index contributed by atoms with van der Waals surface area (Å²) in [7, 11) is 1.64. The highest BCUT2D eigenvalue weighted by atomic mass is 16.5. The lowest BCUT2D eigenvalue weighted by molar-refractivity contribution is -0.137. The lowest BCUT2D eigenvalue weighted by Crippen LogP contribution is -2.44. The van der Waals surface area contributed by atoms with Gasteiger partial charge in [-0.05, 0) is 30.5 Å². The molecule has 1 fully saturated rings. The van der Waals surface area contributed by atoms with E-state index in [0.717, 1.165) is 24.2 Å². The second kappa shape index (κ2) is 7.25. The summed E-state index contributed by atoms with van der Waals surface area (Å²) in [5, 5.41) is 0. The molecule has 4 nitrogen and oxygen atoms in total. The number of methoxy groups -OCH3 is 1. The highest BCUT2D eigenvalue weighted by Crippen LogP contribution is 2.18. The van der Waals surface area contributed by atoms with Crippen molar-refractivity contribution >= 4 is 11.7 Å². The molecule has 1 atom stereocenters. The number of hydrogen-bond donors (Lipinski definition) is 0. The molecule has 1 amide bonds. The van der Waals surface area contributed by atoms with Crippen molar-refractivity contribution in [3.8, 4) is 5.75 Å². The Labute approximate surface area is 126 Å². The molecule has 0 aliphatic carbocycles. The average Bonchev–Trinajstić information content (AvgIpc) is 2.53. The fourth-order valence-corrected chi connectivity index (χ4v) is 2.69. The molecule has 0 N–H and O–H groups in total. The van der Waals surface area contributed by atoms with Crippen LogP contribution in [0.4, 0.5) is 0 Å². The highest BCUT2D eigenvalue weighted by molar-refractivity contribution is 5.85. The normalized spacial score (nSPS) is 18.7. The molecular weight excluding hydrogens is 266 g/mol. The van der Waals surface area contributed by atoms with Gasteiger partial charge in [0.15, 0.2) is 0 Å². The molecule has 1 aliphatic rings. The molecule has 1 saturated heterocycles. The number of ether oxygens (including phenoxy) is 1. The summed E-state index contributed by atoms with van der Waals surface area (Å²) in [5.74, 6) is 1.31. The Hall–Kier alpha value is -1.84. The summed E-state index contributed by atoms with van der Waals surface area (Å²) >= 11 is 0. The van der Waals surface area contributed by atoms with Gasteiger partial charge in [0.2, 0.25) is 5.91 Å². The van der Waals surface area contributed by atoms with E-state index in [1.54, 1.807) is 7.11 Å². The standard InChI is InChI=1S/C17H23NO3/c1-3-14-12-18(11-10-16(14)19)17(20)9-6-13-4-7-15(21-2)8-5-13/h4-5,7-8,14H,3,6,9-12H2,1-2H3. The van der Waals surface area contributed by atoms with Crippen molar-refractivity contribution in [3.05, 3.63) is 29.8 Å². The Kier molecular flexibility index (Phi) is 5.37. The van der Waals surface area contributed by atoms with E-state index in [4.69, 9.17) is 4.74 Å². The van der Waals surface area contributed by atoms with Crippen LogP contribution in [-0.2, 0) is 16.0 Å². The van der Waals surface area contributed by atoms with E-state index < -0.39 is 0 Å². The van der Waals surface area contributed by atoms with E-state index in [1.807, 2.05) is 36.1 Å². The molecule has 0 saturated carbocycles. The van der Waals surface area contributed by atoms with Crippen LogP contribution in [0.5, 0.6) is 5.75 Å². The van der Waals surface area contributed by atoms with Crippen molar-refractivity contribution in [2.75, 3.05) is 20.2 Å². The maximum Gasteiger partial charge on any atom is 0.222 e. The molecule has 2 rings (SSSR count). The van der Waals surface area contributed by atoms with Crippen LogP contribution in [0.15, 0.2) is 24.3 Å². The Bertz CT molecular complexity index is 495. The van der Waals surface area contributed by atoms with Gasteiger partial charge in [-0.1, -0.05) is 19.1 Å². The van der Waals surface area contributed by atoms with Gasteiger partial charge in [0.25, 0.3) is 0 Å². The van der Waals surface area contributed by atoms with Gasteiger partial charge < -0.3 is 9.64 Å². The maximum absolute atomic E-state index is 12.3. The van der Waals surface area contributed by atoms with E-state index in [2.05, 4.69) is 0 Å². The van der Waals surface area contributed by atoms with Gasteiger partial charge in [-0.25, -0.2) is 0 Å². The number of hydrogen-bond acceptors (Lipinski definition) is 3. The zero-order chi connectivity index (χ0) is 15.2. The first-order valence-corrected chi connectivity index (χ1v) is 7.57. The maximum atomic E-state index is 12.3. The molecule has 1 unspecified atom stereocenters. The molecule has 114 valence electrons. The summed E-state index contributed by atoms with van der Waals surface area (Å²) in [4.78, 5) is 25.8. The third-order valence-corrected chi connectivity index (χ3v) is 4.16. The van der Waals surface area contributed by atoms with Gasteiger partial charge in [-0.3, -0.25) is 9.59 Å². The van der Waals surface area contributed by atoms with Gasteiger partial charge in [0, 0.05) is 31.8 Å². The minimum atomic E-state index is 0.0312.